The fourth-order valence-electron chi connectivity index (χ4n) is 3.65. The summed E-state index contributed by atoms with van der Waals surface area (Å²) in [5.41, 5.74) is 4.19. The Labute approximate surface area is 197 Å². The number of hydrogen-bond acceptors (Lipinski definition) is 10. The van der Waals surface area contributed by atoms with Crippen LogP contribution >= 0.6 is 0 Å². The highest BCUT2D eigenvalue weighted by atomic mass is 16.5. The van der Waals surface area contributed by atoms with E-state index in [2.05, 4.69) is 40.7 Å². The zero-order valence-electron chi connectivity index (χ0n) is 18.9. The third kappa shape index (κ3) is 5.72. The van der Waals surface area contributed by atoms with Crippen molar-refractivity contribution in [3.63, 3.8) is 0 Å². The van der Waals surface area contributed by atoms with Crippen molar-refractivity contribution in [3.05, 3.63) is 60.7 Å². The topological polar surface area (TPSA) is 110 Å². The number of nitrogens with one attached hydrogen (secondary N) is 2. The first-order chi connectivity index (χ1) is 16.7. The quantitative estimate of drug-likeness (QED) is 0.408. The minimum absolute atomic E-state index is 0.605. The smallest absolute Gasteiger partial charge is 0.154 e. The van der Waals surface area contributed by atoms with Crippen molar-refractivity contribution in [1.29, 1.82) is 0 Å². The average Bonchev–Trinajstić information content (AvgIpc) is 2.85. The summed E-state index contributed by atoms with van der Waals surface area (Å²) in [6.45, 7) is 6.90. The molecule has 174 valence electrons. The van der Waals surface area contributed by atoms with E-state index in [1.54, 1.807) is 24.8 Å². The van der Waals surface area contributed by atoms with Gasteiger partial charge in [0.05, 0.1) is 60.4 Å². The molecule has 1 aliphatic heterocycles. The van der Waals surface area contributed by atoms with E-state index in [0.29, 0.717) is 18.2 Å². The molecule has 0 aromatic carbocycles. The van der Waals surface area contributed by atoms with Crippen LogP contribution in [-0.2, 0) is 4.74 Å². The van der Waals surface area contributed by atoms with Crippen LogP contribution in [0.4, 0.5) is 23.0 Å². The van der Waals surface area contributed by atoms with Crippen LogP contribution in [0.1, 0.15) is 5.56 Å². The number of aryl methyl sites for hydroxylation is 1. The van der Waals surface area contributed by atoms with Gasteiger partial charge in [0.15, 0.2) is 5.82 Å². The number of fused-ring (bicyclic) bond motifs is 1. The van der Waals surface area contributed by atoms with Crippen LogP contribution in [0, 0.1) is 6.92 Å². The van der Waals surface area contributed by atoms with Crippen LogP contribution in [0.2, 0.25) is 0 Å². The third-order valence-corrected chi connectivity index (χ3v) is 5.37. The van der Waals surface area contributed by atoms with Gasteiger partial charge in [-0.05, 0) is 36.8 Å². The third-order valence-electron chi connectivity index (χ3n) is 5.37. The van der Waals surface area contributed by atoms with Gasteiger partial charge in [0, 0.05) is 25.7 Å². The van der Waals surface area contributed by atoms with Gasteiger partial charge in [0.2, 0.25) is 0 Å². The molecule has 2 N–H and O–H groups in total. The van der Waals surface area contributed by atoms with E-state index in [4.69, 9.17) is 9.47 Å². The lowest BCUT2D eigenvalue weighted by Gasteiger charge is -2.26. The normalized spacial score (nSPS) is 14.1. The van der Waals surface area contributed by atoms with Gasteiger partial charge in [0.25, 0.3) is 0 Å². The van der Waals surface area contributed by atoms with E-state index in [1.807, 2.05) is 37.3 Å². The van der Waals surface area contributed by atoms with Crippen LogP contribution in [-0.4, -0.2) is 69.5 Å². The summed E-state index contributed by atoms with van der Waals surface area (Å²) < 4.78 is 11.3. The van der Waals surface area contributed by atoms with Crippen LogP contribution < -0.4 is 15.4 Å². The molecule has 0 radical (unpaired) electrons. The molecular weight excluding hydrogens is 432 g/mol. The number of pyridine rings is 3. The van der Waals surface area contributed by atoms with E-state index in [-0.39, 0.29) is 0 Å². The first-order valence-electron chi connectivity index (χ1n) is 11.2. The molecule has 1 aliphatic rings. The van der Waals surface area contributed by atoms with Gasteiger partial charge in [-0.1, -0.05) is 0 Å². The molecule has 4 aromatic heterocycles. The maximum atomic E-state index is 5.91. The van der Waals surface area contributed by atoms with Gasteiger partial charge in [-0.25, -0.2) is 4.98 Å². The molecule has 1 saturated heterocycles. The lowest BCUT2D eigenvalue weighted by Crippen LogP contribution is -2.38. The molecule has 10 nitrogen and oxygen atoms in total. The van der Waals surface area contributed by atoms with Crippen molar-refractivity contribution in [2.24, 2.45) is 0 Å². The number of aromatic nitrogens is 5. The fraction of sp³-hybridized carbons (Fsp3) is 0.292. The number of morpholine rings is 1. The molecule has 0 bridgehead atoms. The molecule has 4 aromatic rings. The Morgan fingerprint density at radius 1 is 0.941 bits per heavy atom. The van der Waals surface area contributed by atoms with Crippen molar-refractivity contribution in [2.45, 2.75) is 6.92 Å². The van der Waals surface area contributed by atoms with E-state index in [0.717, 1.165) is 66.6 Å². The predicted octanol–water partition coefficient (Wildman–Crippen LogP) is 3.32. The summed E-state index contributed by atoms with van der Waals surface area (Å²) in [6.07, 6.45) is 6.95. The number of hydrogen-bond donors (Lipinski definition) is 2. The Kier molecular flexibility index (Phi) is 6.68. The van der Waals surface area contributed by atoms with Gasteiger partial charge in [-0.15, -0.1) is 5.10 Å². The highest BCUT2D eigenvalue weighted by Crippen LogP contribution is 2.23. The number of rotatable bonds is 8. The second-order valence-electron chi connectivity index (χ2n) is 8.04. The lowest BCUT2D eigenvalue weighted by atomic mass is 10.3. The molecule has 0 saturated carbocycles. The minimum atomic E-state index is 0.605. The molecule has 0 spiro atoms. The lowest BCUT2D eigenvalue weighted by molar-refractivity contribution is 0.0322. The predicted molar refractivity (Wildman–Crippen MR) is 130 cm³/mol. The van der Waals surface area contributed by atoms with Gasteiger partial charge in [-0.3, -0.25) is 14.9 Å². The number of anilines is 4. The van der Waals surface area contributed by atoms with Gasteiger partial charge < -0.3 is 20.1 Å². The van der Waals surface area contributed by atoms with E-state index in [9.17, 15) is 0 Å². The van der Waals surface area contributed by atoms with Crippen LogP contribution in [0.3, 0.4) is 0 Å². The van der Waals surface area contributed by atoms with Crippen molar-refractivity contribution in [1.82, 2.24) is 30.0 Å². The summed E-state index contributed by atoms with van der Waals surface area (Å²) in [5, 5.41) is 14.6. The molecule has 0 aliphatic carbocycles. The maximum Gasteiger partial charge on any atom is 0.154 e. The van der Waals surface area contributed by atoms with Crippen LogP contribution in [0.25, 0.3) is 11.0 Å². The van der Waals surface area contributed by atoms with Gasteiger partial charge in [0.1, 0.15) is 18.2 Å². The molecule has 0 atom stereocenters. The Hall–Kier alpha value is -3.89. The van der Waals surface area contributed by atoms with E-state index >= 15 is 0 Å². The highest BCUT2D eigenvalue weighted by molar-refractivity contribution is 5.81. The summed E-state index contributed by atoms with van der Waals surface area (Å²) in [5.74, 6) is 2.03. The zero-order chi connectivity index (χ0) is 23.2. The molecule has 0 amide bonds. The van der Waals surface area contributed by atoms with Crippen molar-refractivity contribution in [2.75, 3.05) is 50.1 Å². The minimum Gasteiger partial charge on any atom is -0.491 e. The van der Waals surface area contributed by atoms with Crippen molar-refractivity contribution in [3.8, 4) is 5.75 Å². The van der Waals surface area contributed by atoms with Crippen molar-refractivity contribution < 1.29 is 9.47 Å². The first kappa shape index (κ1) is 21.9. The average molecular weight is 459 g/mol. The Morgan fingerprint density at radius 2 is 1.82 bits per heavy atom. The summed E-state index contributed by atoms with van der Waals surface area (Å²) in [7, 11) is 0. The second-order valence-corrected chi connectivity index (χ2v) is 8.04. The molecule has 1 fully saturated rings. The Balaban J connectivity index is 1.24. The Morgan fingerprint density at radius 3 is 2.71 bits per heavy atom. The second kappa shape index (κ2) is 10.4. The van der Waals surface area contributed by atoms with Gasteiger partial charge in [-0.2, -0.15) is 5.10 Å². The summed E-state index contributed by atoms with van der Waals surface area (Å²) in [6, 6.07) is 9.58. The van der Waals surface area contributed by atoms with Crippen molar-refractivity contribution >= 4 is 34.0 Å². The molecular formula is C24H26N8O2. The zero-order valence-corrected chi connectivity index (χ0v) is 18.9. The SMILES string of the molecule is Cc1cnnc(Nc2ccc3ncc(Nc4cncc(OCCN5CCOCC5)c4)cc3n2)c1. The maximum absolute atomic E-state index is 5.91. The largest absolute Gasteiger partial charge is 0.491 e. The molecule has 5 rings (SSSR count). The summed E-state index contributed by atoms with van der Waals surface area (Å²) in [4.78, 5) is 15.8. The molecule has 5 heterocycles. The van der Waals surface area contributed by atoms with Crippen LogP contribution in [0.15, 0.2) is 55.1 Å². The highest BCUT2D eigenvalue weighted by Gasteiger charge is 2.10. The van der Waals surface area contributed by atoms with E-state index in [1.165, 1.54) is 0 Å². The number of nitrogens with zero attached hydrogens (tertiary/aromatic N) is 6. The van der Waals surface area contributed by atoms with Gasteiger partial charge >= 0.3 is 0 Å². The first-order valence-corrected chi connectivity index (χ1v) is 11.2. The summed E-state index contributed by atoms with van der Waals surface area (Å²) >= 11 is 0. The Bertz CT molecular complexity index is 1260. The molecule has 34 heavy (non-hydrogen) atoms. The fourth-order valence-corrected chi connectivity index (χ4v) is 3.65. The standard InChI is InChI=1S/C24H26N8O2/c1-17-10-24(31-27-13-17)30-23-3-2-21-22(29-23)12-19(15-26-21)28-18-11-20(16-25-14-18)34-9-6-32-4-7-33-8-5-32/h2-3,10-16,28H,4-9H2,1H3,(H,29,30,31). The molecule has 0 unspecified atom stereocenters. The molecule has 10 heteroatoms. The monoisotopic (exact) mass is 458 g/mol. The van der Waals surface area contributed by atoms with E-state index < -0.39 is 0 Å². The van der Waals surface area contributed by atoms with Crippen LogP contribution in [0.5, 0.6) is 5.75 Å². The number of ether oxygens (including phenoxy) is 2.